The van der Waals surface area contributed by atoms with Crippen LogP contribution in [0.2, 0.25) is 0 Å². The summed E-state index contributed by atoms with van der Waals surface area (Å²) in [7, 11) is 1.52. The molecule has 3 N–H and O–H groups in total. The number of aliphatic carboxylic acids is 1. The van der Waals surface area contributed by atoms with Crippen molar-refractivity contribution in [1.82, 2.24) is 10.6 Å². The Morgan fingerprint density at radius 1 is 1.00 bits per heavy atom. The van der Waals surface area contributed by atoms with Gasteiger partial charge in [-0.05, 0) is 35.4 Å². The van der Waals surface area contributed by atoms with Crippen molar-refractivity contribution in [2.24, 2.45) is 0 Å². The van der Waals surface area contributed by atoms with E-state index in [1.165, 1.54) is 32.2 Å². The first kappa shape index (κ1) is 21.9. The minimum Gasteiger partial charge on any atom is -0.497 e. The molecule has 0 saturated heterocycles. The number of amides is 2. The van der Waals surface area contributed by atoms with Crippen LogP contribution in [0.25, 0.3) is 0 Å². The zero-order chi connectivity index (χ0) is 21.4. The molecule has 7 nitrogen and oxygen atoms in total. The molecule has 0 heterocycles. The van der Waals surface area contributed by atoms with Gasteiger partial charge in [0, 0.05) is 19.8 Å². The molecule has 0 fully saturated rings. The number of carbonyl (C=O) groups is 3. The molecule has 0 saturated carbocycles. The third-order valence-corrected chi connectivity index (χ3v) is 4.24. The van der Waals surface area contributed by atoms with Gasteiger partial charge in [-0.25, -0.2) is 9.18 Å². The van der Waals surface area contributed by atoms with Crippen molar-refractivity contribution < 1.29 is 28.6 Å². The Morgan fingerprint density at radius 2 is 1.66 bits per heavy atom. The number of hydrogen-bond acceptors (Lipinski definition) is 4. The summed E-state index contributed by atoms with van der Waals surface area (Å²) in [6, 6.07) is 10.2. The number of rotatable bonds is 9. The fourth-order valence-electron chi connectivity index (χ4n) is 2.82. The molecule has 0 aliphatic heterocycles. The molecule has 2 atom stereocenters. The Balaban J connectivity index is 2.12. The molecule has 0 bridgehead atoms. The summed E-state index contributed by atoms with van der Waals surface area (Å²) in [4.78, 5) is 35.8. The Hall–Kier alpha value is -3.42. The van der Waals surface area contributed by atoms with Crippen LogP contribution in [0.15, 0.2) is 48.5 Å². The largest absolute Gasteiger partial charge is 0.497 e. The lowest BCUT2D eigenvalue weighted by Crippen LogP contribution is -2.52. The van der Waals surface area contributed by atoms with E-state index < -0.39 is 35.7 Å². The molecule has 2 aromatic carbocycles. The first-order valence-corrected chi connectivity index (χ1v) is 8.96. The van der Waals surface area contributed by atoms with Gasteiger partial charge in [0.25, 0.3) is 0 Å². The summed E-state index contributed by atoms with van der Waals surface area (Å²) in [5, 5.41) is 14.4. The quantitative estimate of drug-likeness (QED) is 0.592. The average molecular weight is 402 g/mol. The molecular formula is C21H23FN2O5. The molecule has 8 heteroatoms. The summed E-state index contributed by atoms with van der Waals surface area (Å²) < 4.78 is 18.5. The molecule has 2 amide bonds. The van der Waals surface area contributed by atoms with Crippen molar-refractivity contribution in [2.75, 3.05) is 7.11 Å². The van der Waals surface area contributed by atoms with E-state index >= 15 is 0 Å². The molecule has 2 aromatic rings. The lowest BCUT2D eigenvalue weighted by Gasteiger charge is -2.21. The SMILES string of the molecule is COc1ccc(C[C@@H](NC(=O)[C@H](Cc2cccc(F)c2)NC(C)=O)C(=O)O)cc1. The maximum absolute atomic E-state index is 13.4. The van der Waals surface area contributed by atoms with Gasteiger partial charge in [-0.3, -0.25) is 9.59 Å². The van der Waals surface area contributed by atoms with Crippen LogP contribution in [-0.2, 0) is 27.2 Å². The smallest absolute Gasteiger partial charge is 0.326 e. The lowest BCUT2D eigenvalue weighted by atomic mass is 10.0. The Morgan fingerprint density at radius 3 is 2.21 bits per heavy atom. The maximum atomic E-state index is 13.4. The predicted octanol–water partition coefficient (Wildman–Crippen LogP) is 1.69. The first-order valence-electron chi connectivity index (χ1n) is 8.96. The first-order chi connectivity index (χ1) is 13.8. The molecule has 0 spiro atoms. The van der Waals surface area contributed by atoms with E-state index in [-0.39, 0.29) is 12.8 Å². The highest BCUT2D eigenvalue weighted by Crippen LogP contribution is 2.13. The van der Waals surface area contributed by atoms with Gasteiger partial charge in [0.15, 0.2) is 0 Å². The molecule has 0 aliphatic carbocycles. The van der Waals surface area contributed by atoms with Crippen molar-refractivity contribution in [3.8, 4) is 5.75 Å². The summed E-state index contributed by atoms with van der Waals surface area (Å²) in [6.45, 7) is 1.25. The van der Waals surface area contributed by atoms with E-state index in [1.54, 1.807) is 30.3 Å². The molecule has 0 unspecified atom stereocenters. The molecule has 0 aromatic heterocycles. The van der Waals surface area contributed by atoms with Crippen molar-refractivity contribution in [3.63, 3.8) is 0 Å². The molecule has 29 heavy (non-hydrogen) atoms. The molecular weight excluding hydrogens is 379 g/mol. The second-order valence-corrected chi connectivity index (χ2v) is 6.54. The van der Waals surface area contributed by atoms with Crippen molar-refractivity contribution in [1.29, 1.82) is 0 Å². The number of carboxylic acid groups (broad SMARTS) is 1. The number of halogens is 1. The highest BCUT2D eigenvalue weighted by atomic mass is 19.1. The molecule has 0 radical (unpaired) electrons. The van der Waals surface area contributed by atoms with E-state index in [4.69, 9.17) is 4.74 Å². The van der Waals surface area contributed by atoms with Crippen molar-refractivity contribution >= 4 is 17.8 Å². The van der Waals surface area contributed by atoms with Gasteiger partial charge in [0.05, 0.1) is 7.11 Å². The van der Waals surface area contributed by atoms with Crippen LogP contribution >= 0.6 is 0 Å². The highest BCUT2D eigenvalue weighted by Gasteiger charge is 2.26. The van der Waals surface area contributed by atoms with Crippen LogP contribution in [0.5, 0.6) is 5.75 Å². The summed E-state index contributed by atoms with van der Waals surface area (Å²) in [5.41, 5.74) is 1.20. The van der Waals surface area contributed by atoms with Gasteiger partial charge < -0.3 is 20.5 Å². The second-order valence-electron chi connectivity index (χ2n) is 6.54. The van der Waals surface area contributed by atoms with E-state index in [9.17, 15) is 23.9 Å². The minimum absolute atomic E-state index is 0.0258. The van der Waals surface area contributed by atoms with Crippen molar-refractivity contribution in [2.45, 2.75) is 31.8 Å². The van der Waals surface area contributed by atoms with Crippen LogP contribution in [0.4, 0.5) is 4.39 Å². The molecule has 2 rings (SSSR count). The number of benzene rings is 2. The van der Waals surface area contributed by atoms with Gasteiger partial charge in [0.1, 0.15) is 23.7 Å². The Labute approximate surface area is 167 Å². The van der Waals surface area contributed by atoms with E-state index in [0.717, 1.165) is 0 Å². The minimum atomic E-state index is -1.21. The normalized spacial score (nSPS) is 12.5. The van der Waals surface area contributed by atoms with Gasteiger partial charge in [-0.2, -0.15) is 0 Å². The fraction of sp³-hybridized carbons (Fsp3) is 0.286. The van der Waals surface area contributed by atoms with E-state index in [0.29, 0.717) is 16.9 Å². The van der Waals surface area contributed by atoms with Gasteiger partial charge in [-0.15, -0.1) is 0 Å². The van der Waals surface area contributed by atoms with Gasteiger partial charge >= 0.3 is 5.97 Å². The van der Waals surface area contributed by atoms with Gasteiger partial charge in [0.2, 0.25) is 11.8 Å². The second kappa shape index (κ2) is 10.2. The number of nitrogens with one attached hydrogen (secondary N) is 2. The van der Waals surface area contributed by atoms with E-state index in [1.807, 2.05) is 0 Å². The number of methoxy groups -OCH3 is 1. The van der Waals surface area contributed by atoms with Crippen LogP contribution in [-0.4, -0.2) is 42.1 Å². The standard InChI is InChI=1S/C21H23FN2O5/c1-13(25)23-18(12-15-4-3-5-16(22)10-15)20(26)24-19(21(27)28)11-14-6-8-17(29-2)9-7-14/h3-10,18-19H,11-12H2,1-2H3,(H,23,25)(H,24,26)(H,27,28)/t18-,19+/m0/s1. The number of hydrogen-bond donors (Lipinski definition) is 3. The van der Waals surface area contributed by atoms with Crippen LogP contribution in [0.1, 0.15) is 18.1 Å². The van der Waals surface area contributed by atoms with Crippen molar-refractivity contribution in [3.05, 3.63) is 65.5 Å². The Kier molecular flexibility index (Phi) is 7.70. The zero-order valence-corrected chi connectivity index (χ0v) is 16.1. The number of carboxylic acids is 1. The van der Waals surface area contributed by atoms with Crippen LogP contribution in [0, 0.1) is 5.82 Å². The monoisotopic (exact) mass is 402 g/mol. The van der Waals surface area contributed by atoms with Gasteiger partial charge in [-0.1, -0.05) is 24.3 Å². The topological polar surface area (TPSA) is 105 Å². The maximum Gasteiger partial charge on any atom is 0.326 e. The third kappa shape index (κ3) is 6.91. The number of ether oxygens (including phenoxy) is 1. The zero-order valence-electron chi connectivity index (χ0n) is 16.1. The molecule has 154 valence electrons. The predicted molar refractivity (Wildman–Crippen MR) is 104 cm³/mol. The fourth-order valence-corrected chi connectivity index (χ4v) is 2.82. The summed E-state index contributed by atoms with van der Waals surface area (Å²) in [5.74, 6) is -2.16. The summed E-state index contributed by atoms with van der Waals surface area (Å²) >= 11 is 0. The van der Waals surface area contributed by atoms with Crippen LogP contribution < -0.4 is 15.4 Å². The third-order valence-electron chi connectivity index (χ3n) is 4.24. The Bertz CT molecular complexity index is 870. The average Bonchev–Trinajstić information content (AvgIpc) is 2.67. The highest BCUT2D eigenvalue weighted by molar-refractivity contribution is 5.90. The lowest BCUT2D eigenvalue weighted by molar-refractivity contribution is -0.142. The molecule has 0 aliphatic rings. The van der Waals surface area contributed by atoms with Crippen LogP contribution in [0.3, 0.4) is 0 Å². The number of carbonyl (C=O) groups excluding carboxylic acids is 2. The van der Waals surface area contributed by atoms with E-state index in [2.05, 4.69) is 10.6 Å². The summed E-state index contributed by atoms with van der Waals surface area (Å²) in [6.07, 6.45) is 0.0792.